The van der Waals surface area contributed by atoms with Crippen LogP contribution in [0.5, 0.6) is 0 Å². The van der Waals surface area contributed by atoms with Crippen molar-refractivity contribution in [3.63, 3.8) is 0 Å². The van der Waals surface area contributed by atoms with Gasteiger partial charge in [-0.05, 0) is 39.0 Å². The van der Waals surface area contributed by atoms with E-state index in [4.69, 9.17) is 4.74 Å². The van der Waals surface area contributed by atoms with Gasteiger partial charge in [0.2, 0.25) is 0 Å². The molecule has 3 atom stereocenters. The zero-order valence-electron chi connectivity index (χ0n) is 13.0. The van der Waals surface area contributed by atoms with Crippen LogP contribution < -0.4 is 5.32 Å². The topological polar surface area (TPSA) is 24.5 Å². The minimum absolute atomic E-state index is 0.386. The molecule has 112 valence electrons. The van der Waals surface area contributed by atoms with Crippen molar-refractivity contribution in [1.29, 1.82) is 0 Å². The molecule has 2 aliphatic rings. The molecule has 0 radical (unpaired) electrons. The highest BCUT2D eigenvalue weighted by Gasteiger charge is 2.23. The molecule has 19 heavy (non-hydrogen) atoms. The van der Waals surface area contributed by atoms with Gasteiger partial charge in [-0.25, -0.2) is 0 Å². The fourth-order valence-electron chi connectivity index (χ4n) is 3.32. The van der Waals surface area contributed by atoms with Crippen molar-refractivity contribution in [2.75, 3.05) is 26.2 Å². The van der Waals surface area contributed by atoms with Gasteiger partial charge in [-0.1, -0.05) is 19.8 Å². The lowest BCUT2D eigenvalue weighted by molar-refractivity contribution is -0.0382. The van der Waals surface area contributed by atoms with Gasteiger partial charge in [-0.3, -0.25) is 4.90 Å². The maximum absolute atomic E-state index is 5.90. The molecule has 1 saturated carbocycles. The fraction of sp³-hybridized carbons (Fsp3) is 1.00. The first-order valence-corrected chi connectivity index (χ1v) is 8.24. The molecule has 3 heteroatoms. The van der Waals surface area contributed by atoms with Crippen LogP contribution >= 0.6 is 0 Å². The monoisotopic (exact) mass is 268 g/mol. The van der Waals surface area contributed by atoms with Gasteiger partial charge in [0, 0.05) is 31.7 Å². The van der Waals surface area contributed by atoms with E-state index in [1.165, 1.54) is 32.1 Å². The first-order chi connectivity index (χ1) is 9.15. The highest BCUT2D eigenvalue weighted by atomic mass is 16.5. The fourth-order valence-corrected chi connectivity index (χ4v) is 3.32. The van der Waals surface area contributed by atoms with E-state index in [1.807, 2.05) is 0 Å². The molecule has 1 aliphatic heterocycles. The summed E-state index contributed by atoms with van der Waals surface area (Å²) in [4.78, 5) is 2.53. The van der Waals surface area contributed by atoms with Crippen LogP contribution in [0.2, 0.25) is 0 Å². The summed E-state index contributed by atoms with van der Waals surface area (Å²) in [6.45, 7) is 11.1. The maximum atomic E-state index is 5.90. The predicted octanol–water partition coefficient (Wildman–Crippen LogP) is 2.65. The number of hydrogen-bond donors (Lipinski definition) is 1. The second kappa shape index (κ2) is 7.61. The lowest BCUT2D eigenvalue weighted by Crippen LogP contribution is -2.50. The third kappa shape index (κ3) is 5.05. The van der Waals surface area contributed by atoms with Crippen LogP contribution in [0.15, 0.2) is 0 Å². The molecule has 0 amide bonds. The van der Waals surface area contributed by atoms with E-state index < -0.39 is 0 Å². The van der Waals surface area contributed by atoms with Gasteiger partial charge < -0.3 is 10.1 Å². The lowest BCUT2D eigenvalue weighted by Gasteiger charge is -2.36. The molecule has 0 aromatic carbocycles. The summed E-state index contributed by atoms with van der Waals surface area (Å²) >= 11 is 0. The molecule has 0 bridgehead atoms. The van der Waals surface area contributed by atoms with E-state index in [1.54, 1.807) is 0 Å². The molecule has 3 nitrogen and oxygen atoms in total. The SMILES string of the molecule is CC1CCCC(NCC2CN(C(C)C)CCO2)CC1. The molecule has 2 fully saturated rings. The van der Waals surface area contributed by atoms with E-state index in [9.17, 15) is 0 Å². The molecular formula is C16H32N2O. The molecule has 0 aromatic heterocycles. The highest BCUT2D eigenvalue weighted by Crippen LogP contribution is 2.22. The van der Waals surface area contributed by atoms with Gasteiger partial charge >= 0.3 is 0 Å². The van der Waals surface area contributed by atoms with Crippen LogP contribution in [0.4, 0.5) is 0 Å². The summed E-state index contributed by atoms with van der Waals surface area (Å²) in [7, 11) is 0. The molecular weight excluding hydrogens is 236 g/mol. The van der Waals surface area contributed by atoms with Gasteiger partial charge in [-0.2, -0.15) is 0 Å². The number of nitrogens with zero attached hydrogens (tertiary/aromatic N) is 1. The number of nitrogens with one attached hydrogen (secondary N) is 1. The zero-order chi connectivity index (χ0) is 13.7. The summed E-state index contributed by atoms with van der Waals surface area (Å²) in [6.07, 6.45) is 7.28. The van der Waals surface area contributed by atoms with Crippen molar-refractivity contribution >= 4 is 0 Å². The van der Waals surface area contributed by atoms with E-state index in [0.29, 0.717) is 12.1 Å². The standard InChI is InChI=1S/C16H32N2O/c1-13(2)18-9-10-19-16(12-18)11-17-15-6-4-5-14(3)7-8-15/h13-17H,4-12H2,1-3H3. The lowest BCUT2D eigenvalue weighted by atomic mass is 10.0. The van der Waals surface area contributed by atoms with Crippen LogP contribution in [-0.4, -0.2) is 49.3 Å². The number of rotatable bonds is 4. The van der Waals surface area contributed by atoms with Crippen molar-refractivity contribution in [3.8, 4) is 0 Å². The Hall–Kier alpha value is -0.120. The Morgan fingerprint density at radius 1 is 1.21 bits per heavy atom. The number of ether oxygens (including phenoxy) is 1. The van der Waals surface area contributed by atoms with Crippen LogP contribution in [0.25, 0.3) is 0 Å². The van der Waals surface area contributed by atoms with Gasteiger partial charge in [0.25, 0.3) is 0 Å². The number of morpholine rings is 1. The number of hydrogen-bond acceptors (Lipinski definition) is 3. The zero-order valence-corrected chi connectivity index (χ0v) is 13.0. The minimum atomic E-state index is 0.386. The molecule has 3 unspecified atom stereocenters. The molecule has 1 saturated heterocycles. The second-order valence-electron chi connectivity index (χ2n) is 6.80. The molecule has 0 spiro atoms. The third-order valence-corrected chi connectivity index (χ3v) is 4.79. The van der Waals surface area contributed by atoms with Gasteiger partial charge in [-0.15, -0.1) is 0 Å². The van der Waals surface area contributed by atoms with Crippen molar-refractivity contribution in [2.45, 2.75) is 71.1 Å². The van der Waals surface area contributed by atoms with Crippen LogP contribution in [0, 0.1) is 5.92 Å². The summed E-state index contributed by atoms with van der Waals surface area (Å²) in [6, 6.07) is 1.37. The molecule has 1 aliphatic carbocycles. The van der Waals surface area contributed by atoms with Crippen LogP contribution in [0.3, 0.4) is 0 Å². The van der Waals surface area contributed by atoms with E-state index in [0.717, 1.165) is 38.2 Å². The van der Waals surface area contributed by atoms with Crippen LogP contribution in [-0.2, 0) is 4.74 Å². The summed E-state index contributed by atoms with van der Waals surface area (Å²) in [5, 5.41) is 3.76. The van der Waals surface area contributed by atoms with Crippen molar-refractivity contribution in [2.24, 2.45) is 5.92 Å². The normalized spacial score (nSPS) is 34.4. The Kier molecular flexibility index (Phi) is 6.11. The van der Waals surface area contributed by atoms with Gasteiger partial charge in [0.1, 0.15) is 0 Å². The first-order valence-electron chi connectivity index (χ1n) is 8.24. The van der Waals surface area contributed by atoms with Crippen molar-refractivity contribution in [1.82, 2.24) is 10.2 Å². The maximum Gasteiger partial charge on any atom is 0.0826 e. The molecule has 0 aromatic rings. The second-order valence-corrected chi connectivity index (χ2v) is 6.80. The van der Waals surface area contributed by atoms with Crippen molar-refractivity contribution in [3.05, 3.63) is 0 Å². The summed E-state index contributed by atoms with van der Waals surface area (Å²) in [5.41, 5.74) is 0. The smallest absolute Gasteiger partial charge is 0.0826 e. The quantitative estimate of drug-likeness (QED) is 0.793. The highest BCUT2D eigenvalue weighted by molar-refractivity contribution is 4.79. The van der Waals surface area contributed by atoms with E-state index in [2.05, 4.69) is 31.0 Å². The van der Waals surface area contributed by atoms with Gasteiger partial charge in [0.05, 0.1) is 12.7 Å². The summed E-state index contributed by atoms with van der Waals surface area (Å²) in [5.74, 6) is 0.925. The Bertz CT molecular complexity index is 257. The average molecular weight is 268 g/mol. The Labute approximate surface area is 119 Å². The molecule has 1 N–H and O–H groups in total. The predicted molar refractivity (Wildman–Crippen MR) is 80.5 cm³/mol. The summed E-state index contributed by atoms with van der Waals surface area (Å²) < 4.78 is 5.90. The molecule has 1 heterocycles. The van der Waals surface area contributed by atoms with Gasteiger partial charge in [0.15, 0.2) is 0 Å². The first kappa shape index (κ1) is 15.3. The Morgan fingerprint density at radius 2 is 2.05 bits per heavy atom. The molecule has 2 rings (SSSR count). The van der Waals surface area contributed by atoms with Crippen molar-refractivity contribution < 1.29 is 4.74 Å². The van der Waals surface area contributed by atoms with Crippen LogP contribution in [0.1, 0.15) is 52.9 Å². The largest absolute Gasteiger partial charge is 0.374 e. The Balaban J connectivity index is 1.69. The minimum Gasteiger partial charge on any atom is -0.374 e. The third-order valence-electron chi connectivity index (χ3n) is 4.79. The Morgan fingerprint density at radius 3 is 2.84 bits per heavy atom. The van der Waals surface area contributed by atoms with E-state index >= 15 is 0 Å². The van der Waals surface area contributed by atoms with E-state index in [-0.39, 0.29) is 0 Å². The average Bonchev–Trinajstić information content (AvgIpc) is 2.61.